The van der Waals surface area contributed by atoms with Crippen LogP contribution in [0.5, 0.6) is 11.5 Å². The van der Waals surface area contributed by atoms with E-state index < -0.39 is 5.92 Å². The lowest BCUT2D eigenvalue weighted by Gasteiger charge is -2.17. The number of carbonyl (C=O) groups is 2. The summed E-state index contributed by atoms with van der Waals surface area (Å²) in [5.74, 6) is 0.536. The van der Waals surface area contributed by atoms with Gasteiger partial charge in [0.15, 0.2) is 0 Å². The molecular formula is C20H22N2O4. The van der Waals surface area contributed by atoms with E-state index in [0.29, 0.717) is 23.7 Å². The average Bonchev–Trinajstić information content (AvgIpc) is 3.04. The molecule has 1 aliphatic heterocycles. The van der Waals surface area contributed by atoms with Crippen LogP contribution in [0.2, 0.25) is 0 Å². The van der Waals surface area contributed by atoms with E-state index in [4.69, 9.17) is 9.47 Å². The highest BCUT2D eigenvalue weighted by Crippen LogP contribution is 2.29. The molecule has 3 rings (SSSR count). The minimum Gasteiger partial charge on any atom is -0.497 e. The molecule has 1 saturated heterocycles. The van der Waals surface area contributed by atoms with E-state index in [1.165, 1.54) is 0 Å². The SMILES string of the molecule is COc1cc(NC(=O)[C@H]2CC(=O)N(c3ccc(C)cc3)C2)cc(OC)c1. The highest BCUT2D eigenvalue weighted by Gasteiger charge is 2.35. The van der Waals surface area contributed by atoms with E-state index in [0.717, 1.165) is 11.3 Å². The minimum absolute atomic E-state index is 0.0442. The van der Waals surface area contributed by atoms with Gasteiger partial charge in [0.2, 0.25) is 11.8 Å². The first-order valence-electron chi connectivity index (χ1n) is 8.41. The van der Waals surface area contributed by atoms with Crippen LogP contribution < -0.4 is 19.7 Å². The van der Waals surface area contributed by atoms with Crippen molar-refractivity contribution in [3.05, 3.63) is 48.0 Å². The van der Waals surface area contributed by atoms with Crippen LogP contribution >= 0.6 is 0 Å². The van der Waals surface area contributed by atoms with Gasteiger partial charge in [-0.15, -0.1) is 0 Å². The average molecular weight is 354 g/mol. The van der Waals surface area contributed by atoms with Crippen molar-refractivity contribution in [3.63, 3.8) is 0 Å². The zero-order chi connectivity index (χ0) is 18.7. The number of ether oxygens (including phenoxy) is 2. The summed E-state index contributed by atoms with van der Waals surface area (Å²) in [6.07, 6.45) is 0.195. The van der Waals surface area contributed by atoms with Gasteiger partial charge in [-0.05, 0) is 19.1 Å². The molecule has 0 saturated carbocycles. The first-order chi connectivity index (χ1) is 12.5. The smallest absolute Gasteiger partial charge is 0.229 e. The Bertz CT molecular complexity index is 795. The van der Waals surface area contributed by atoms with Gasteiger partial charge in [0.1, 0.15) is 11.5 Å². The number of amides is 2. The normalized spacial score (nSPS) is 16.5. The molecule has 1 aliphatic rings. The lowest BCUT2D eigenvalue weighted by Crippen LogP contribution is -2.28. The van der Waals surface area contributed by atoms with Crippen LogP contribution in [0.1, 0.15) is 12.0 Å². The zero-order valence-corrected chi connectivity index (χ0v) is 15.1. The molecule has 6 heteroatoms. The number of aryl methyl sites for hydroxylation is 1. The molecule has 136 valence electrons. The third-order valence-electron chi connectivity index (χ3n) is 4.46. The summed E-state index contributed by atoms with van der Waals surface area (Å²) < 4.78 is 10.4. The van der Waals surface area contributed by atoms with E-state index in [9.17, 15) is 9.59 Å². The molecule has 2 aromatic carbocycles. The lowest BCUT2D eigenvalue weighted by atomic mass is 10.1. The van der Waals surface area contributed by atoms with Crippen molar-refractivity contribution >= 4 is 23.2 Å². The van der Waals surface area contributed by atoms with Crippen LogP contribution in [-0.2, 0) is 9.59 Å². The summed E-state index contributed by atoms with van der Waals surface area (Å²) in [6.45, 7) is 2.36. The third kappa shape index (κ3) is 3.79. The number of methoxy groups -OCH3 is 2. The summed E-state index contributed by atoms with van der Waals surface area (Å²) >= 11 is 0. The largest absolute Gasteiger partial charge is 0.497 e. The van der Waals surface area contributed by atoms with Crippen molar-refractivity contribution in [2.45, 2.75) is 13.3 Å². The Morgan fingerprint density at radius 1 is 1.08 bits per heavy atom. The summed E-state index contributed by atoms with van der Waals surface area (Å²) in [4.78, 5) is 26.6. The maximum atomic E-state index is 12.6. The second-order valence-corrected chi connectivity index (χ2v) is 6.33. The fourth-order valence-corrected chi connectivity index (χ4v) is 2.98. The molecule has 0 aromatic heterocycles. The molecule has 0 bridgehead atoms. The topological polar surface area (TPSA) is 67.9 Å². The second kappa shape index (κ2) is 7.47. The summed E-state index contributed by atoms with van der Waals surface area (Å²) in [5, 5.41) is 2.86. The summed E-state index contributed by atoms with van der Waals surface area (Å²) in [5.41, 5.74) is 2.52. The predicted molar refractivity (Wildman–Crippen MR) is 99.8 cm³/mol. The van der Waals surface area contributed by atoms with Crippen molar-refractivity contribution < 1.29 is 19.1 Å². The molecule has 6 nitrogen and oxygen atoms in total. The summed E-state index contributed by atoms with van der Waals surface area (Å²) in [6, 6.07) is 12.9. The maximum Gasteiger partial charge on any atom is 0.229 e. The molecule has 0 aliphatic carbocycles. The molecule has 1 heterocycles. The van der Waals surface area contributed by atoms with E-state index in [-0.39, 0.29) is 18.2 Å². The Morgan fingerprint density at radius 3 is 2.27 bits per heavy atom. The van der Waals surface area contributed by atoms with Gasteiger partial charge in [-0.2, -0.15) is 0 Å². The van der Waals surface area contributed by atoms with Crippen LogP contribution in [-0.4, -0.2) is 32.6 Å². The number of benzene rings is 2. The minimum atomic E-state index is -0.402. The van der Waals surface area contributed by atoms with E-state index in [2.05, 4.69) is 5.32 Å². The number of nitrogens with one attached hydrogen (secondary N) is 1. The van der Waals surface area contributed by atoms with Crippen LogP contribution in [0.15, 0.2) is 42.5 Å². The van der Waals surface area contributed by atoms with Crippen LogP contribution in [0, 0.1) is 12.8 Å². The van der Waals surface area contributed by atoms with Crippen LogP contribution in [0.25, 0.3) is 0 Å². The Morgan fingerprint density at radius 2 is 1.69 bits per heavy atom. The monoisotopic (exact) mass is 354 g/mol. The molecule has 1 atom stereocenters. The number of carbonyl (C=O) groups excluding carboxylic acids is 2. The Labute approximate surface area is 152 Å². The number of hydrogen-bond donors (Lipinski definition) is 1. The Balaban J connectivity index is 1.71. The molecule has 26 heavy (non-hydrogen) atoms. The molecule has 1 fully saturated rings. The second-order valence-electron chi connectivity index (χ2n) is 6.33. The van der Waals surface area contributed by atoms with Gasteiger partial charge in [-0.1, -0.05) is 17.7 Å². The van der Waals surface area contributed by atoms with Gasteiger partial charge in [-0.25, -0.2) is 0 Å². The maximum absolute atomic E-state index is 12.6. The molecule has 2 amide bonds. The van der Waals surface area contributed by atoms with Gasteiger partial charge in [0.05, 0.1) is 20.1 Å². The Kier molecular flexibility index (Phi) is 5.11. The molecule has 0 unspecified atom stereocenters. The van der Waals surface area contributed by atoms with Crippen LogP contribution in [0.4, 0.5) is 11.4 Å². The first kappa shape index (κ1) is 17.8. The highest BCUT2D eigenvalue weighted by atomic mass is 16.5. The predicted octanol–water partition coefficient (Wildman–Crippen LogP) is 3.00. The summed E-state index contributed by atoms with van der Waals surface area (Å²) in [7, 11) is 3.10. The van der Waals surface area contributed by atoms with Gasteiger partial charge in [-0.3, -0.25) is 9.59 Å². The van der Waals surface area contributed by atoms with Gasteiger partial charge in [0, 0.05) is 42.5 Å². The van der Waals surface area contributed by atoms with Gasteiger partial charge in [0.25, 0.3) is 0 Å². The van der Waals surface area contributed by atoms with Gasteiger partial charge >= 0.3 is 0 Å². The molecular weight excluding hydrogens is 332 g/mol. The molecule has 1 N–H and O–H groups in total. The Hall–Kier alpha value is -3.02. The standard InChI is InChI=1S/C20H22N2O4/c1-13-4-6-16(7-5-13)22-12-14(8-19(22)23)20(24)21-15-9-17(25-2)11-18(10-15)26-3/h4-7,9-11,14H,8,12H2,1-3H3,(H,21,24)/t14-/m0/s1. The fourth-order valence-electron chi connectivity index (χ4n) is 2.98. The fraction of sp³-hybridized carbons (Fsp3) is 0.300. The molecule has 2 aromatic rings. The lowest BCUT2D eigenvalue weighted by molar-refractivity contribution is -0.122. The number of nitrogens with zero attached hydrogens (tertiary/aromatic N) is 1. The van der Waals surface area contributed by atoms with Gasteiger partial charge < -0.3 is 19.7 Å². The number of anilines is 2. The highest BCUT2D eigenvalue weighted by molar-refractivity contribution is 6.03. The van der Waals surface area contributed by atoms with E-state index in [1.807, 2.05) is 31.2 Å². The van der Waals surface area contributed by atoms with Crippen molar-refractivity contribution in [2.75, 3.05) is 31.0 Å². The van der Waals surface area contributed by atoms with Crippen molar-refractivity contribution in [1.82, 2.24) is 0 Å². The van der Waals surface area contributed by atoms with Crippen LogP contribution in [0.3, 0.4) is 0 Å². The third-order valence-corrected chi connectivity index (χ3v) is 4.46. The number of hydrogen-bond acceptors (Lipinski definition) is 4. The van der Waals surface area contributed by atoms with Crippen molar-refractivity contribution in [2.24, 2.45) is 5.92 Å². The van der Waals surface area contributed by atoms with E-state index in [1.54, 1.807) is 37.3 Å². The van der Waals surface area contributed by atoms with E-state index >= 15 is 0 Å². The number of rotatable bonds is 5. The van der Waals surface area contributed by atoms with Crippen molar-refractivity contribution in [1.29, 1.82) is 0 Å². The zero-order valence-electron chi connectivity index (χ0n) is 15.1. The first-order valence-corrected chi connectivity index (χ1v) is 8.41. The van der Waals surface area contributed by atoms with Crippen molar-refractivity contribution in [3.8, 4) is 11.5 Å². The molecule has 0 spiro atoms. The molecule has 0 radical (unpaired) electrons. The quantitative estimate of drug-likeness (QED) is 0.896.